The number of thiocarbonyl (C=S) groups is 1. The van der Waals surface area contributed by atoms with Crippen LogP contribution in [-0.2, 0) is 6.42 Å². The molecule has 0 unspecified atom stereocenters. The summed E-state index contributed by atoms with van der Waals surface area (Å²) >= 11 is 5.30. The molecule has 0 fully saturated rings. The Kier molecular flexibility index (Phi) is 5.23. The van der Waals surface area contributed by atoms with E-state index in [2.05, 4.69) is 23.1 Å². The lowest BCUT2D eigenvalue weighted by molar-refractivity contribution is 0.0917. The smallest absolute Gasteiger partial charge is 0.305 e. The number of carbonyl (C=O) groups is 1. The van der Waals surface area contributed by atoms with Crippen molar-refractivity contribution < 1.29 is 9.21 Å². The second-order valence-corrected chi connectivity index (χ2v) is 6.46. The van der Waals surface area contributed by atoms with Crippen LogP contribution in [0.4, 0.5) is 5.69 Å². The number of rotatable bonds is 3. The lowest BCUT2D eigenvalue weighted by atomic mass is 10.1. The Morgan fingerprint density at radius 1 is 1.08 bits per heavy atom. The van der Waals surface area contributed by atoms with E-state index in [0.29, 0.717) is 10.7 Å². The van der Waals surface area contributed by atoms with Gasteiger partial charge in [0.1, 0.15) is 5.58 Å². The third kappa shape index (κ3) is 3.55. The van der Waals surface area contributed by atoms with E-state index in [9.17, 15) is 4.79 Å². The molecule has 0 aliphatic carbocycles. The third-order valence-electron chi connectivity index (χ3n) is 4.32. The third-order valence-corrected chi connectivity index (χ3v) is 4.52. The Hall–Kier alpha value is -2.86. The molecule has 0 bridgehead atoms. The minimum atomic E-state index is -0.372. The Morgan fingerprint density at radius 2 is 1.85 bits per heavy atom. The molecule has 1 heterocycles. The summed E-state index contributed by atoms with van der Waals surface area (Å²) in [5, 5.41) is 4.39. The van der Waals surface area contributed by atoms with Gasteiger partial charge in [0, 0.05) is 16.6 Å². The van der Waals surface area contributed by atoms with Crippen LogP contribution in [0.25, 0.3) is 11.0 Å². The van der Waals surface area contributed by atoms with E-state index in [0.717, 1.165) is 34.2 Å². The molecule has 1 aromatic heterocycles. The first-order valence-electron chi connectivity index (χ1n) is 8.45. The van der Waals surface area contributed by atoms with Gasteiger partial charge in [-0.3, -0.25) is 15.6 Å². The van der Waals surface area contributed by atoms with E-state index < -0.39 is 0 Å². The number of carbonyl (C=O) groups excluding carboxylic acids is 1. The van der Waals surface area contributed by atoms with Crippen LogP contribution >= 0.6 is 12.2 Å². The lowest BCUT2D eigenvalue weighted by Crippen LogP contribution is -2.44. The van der Waals surface area contributed by atoms with Crippen molar-refractivity contribution in [2.75, 3.05) is 5.32 Å². The highest BCUT2D eigenvalue weighted by Crippen LogP contribution is 2.24. The Labute approximate surface area is 157 Å². The van der Waals surface area contributed by atoms with Crippen molar-refractivity contribution in [2.24, 2.45) is 0 Å². The SMILES string of the molecule is CCc1cccc(C)c1NC(=S)NNC(=O)c1oc2ccccc2c1C. The predicted octanol–water partition coefficient (Wildman–Crippen LogP) is 4.24. The van der Waals surface area contributed by atoms with Crippen molar-refractivity contribution in [1.29, 1.82) is 0 Å². The maximum atomic E-state index is 12.4. The van der Waals surface area contributed by atoms with E-state index in [-0.39, 0.29) is 11.7 Å². The van der Waals surface area contributed by atoms with Crippen molar-refractivity contribution >= 4 is 39.9 Å². The summed E-state index contributed by atoms with van der Waals surface area (Å²) in [7, 11) is 0. The highest BCUT2D eigenvalue weighted by molar-refractivity contribution is 7.80. The molecule has 6 heteroatoms. The van der Waals surface area contributed by atoms with Gasteiger partial charge in [-0.1, -0.05) is 43.3 Å². The van der Waals surface area contributed by atoms with Gasteiger partial charge < -0.3 is 9.73 Å². The number of hydrogen-bond donors (Lipinski definition) is 3. The molecule has 5 nitrogen and oxygen atoms in total. The van der Waals surface area contributed by atoms with Crippen LogP contribution in [-0.4, -0.2) is 11.0 Å². The number of aryl methyl sites for hydroxylation is 3. The van der Waals surface area contributed by atoms with Gasteiger partial charge in [-0.15, -0.1) is 0 Å². The van der Waals surface area contributed by atoms with Crippen LogP contribution in [0.3, 0.4) is 0 Å². The molecule has 0 saturated carbocycles. The number of anilines is 1. The second-order valence-electron chi connectivity index (χ2n) is 6.05. The molecule has 3 rings (SSSR count). The van der Waals surface area contributed by atoms with E-state index in [1.807, 2.05) is 56.3 Å². The number of fused-ring (bicyclic) bond motifs is 1. The summed E-state index contributed by atoms with van der Waals surface area (Å²) in [6.07, 6.45) is 0.886. The standard InChI is InChI=1S/C20H21N3O2S/c1-4-14-9-7-8-12(2)17(14)21-20(26)23-22-19(24)18-13(3)15-10-5-6-11-16(15)25-18/h5-11H,4H2,1-3H3,(H,22,24)(H2,21,23,26). The number of furan rings is 1. The van der Waals surface area contributed by atoms with E-state index in [4.69, 9.17) is 16.6 Å². The van der Waals surface area contributed by atoms with Gasteiger partial charge in [0.15, 0.2) is 10.9 Å². The average Bonchev–Trinajstić information content (AvgIpc) is 2.98. The summed E-state index contributed by atoms with van der Waals surface area (Å²) < 4.78 is 5.65. The van der Waals surface area contributed by atoms with Gasteiger partial charge in [-0.25, -0.2) is 0 Å². The number of hydrogen-bond acceptors (Lipinski definition) is 3. The lowest BCUT2D eigenvalue weighted by Gasteiger charge is -2.16. The van der Waals surface area contributed by atoms with Crippen molar-refractivity contribution in [3.8, 4) is 0 Å². The van der Waals surface area contributed by atoms with E-state index in [1.165, 1.54) is 0 Å². The first-order chi connectivity index (χ1) is 12.5. The first kappa shape index (κ1) is 17.9. The zero-order chi connectivity index (χ0) is 18.7. The quantitative estimate of drug-likeness (QED) is 0.477. The van der Waals surface area contributed by atoms with Gasteiger partial charge >= 0.3 is 5.91 Å². The van der Waals surface area contributed by atoms with Crippen molar-refractivity contribution in [3.63, 3.8) is 0 Å². The molecule has 3 N–H and O–H groups in total. The fourth-order valence-electron chi connectivity index (χ4n) is 2.91. The summed E-state index contributed by atoms with van der Waals surface area (Å²) in [5.41, 5.74) is 10.0. The Bertz CT molecular complexity index is 978. The topological polar surface area (TPSA) is 66.3 Å². The largest absolute Gasteiger partial charge is 0.451 e. The zero-order valence-electron chi connectivity index (χ0n) is 15.0. The molecule has 1 amide bonds. The summed E-state index contributed by atoms with van der Waals surface area (Å²) in [6.45, 7) is 5.96. The average molecular weight is 367 g/mol. The second kappa shape index (κ2) is 7.58. The summed E-state index contributed by atoms with van der Waals surface area (Å²) in [4.78, 5) is 12.4. The number of benzene rings is 2. The van der Waals surface area contributed by atoms with Gasteiger partial charge in [-0.2, -0.15) is 0 Å². The van der Waals surface area contributed by atoms with Crippen LogP contribution in [0.2, 0.25) is 0 Å². The zero-order valence-corrected chi connectivity index (χ0v) is 15.8. The molecular weight excluding hydrogens is 346 g/mol. The van der Waals surface area contributed by atoms with Crippen LogP contribution < -0.4 is 16.2 Å². The van der Waals surface area contributed by atoms with Gasteiger partial charge in [0.05, 0.1) is 0 Å². The molecule has 3 aromatic rings. The molecule has 26 heavy (non-hydrogen) atoms. The molecule has 0 aliphatic rings. The minimum Gasteiger partial charge on any atom is -0.451 e. The molecule has 2 aromatic carbocycles. The molecule has 0 atom stereocenters. The normalized spacial score (nSPS) is 10.6. The molecule has 0 saturated heterocycles. The minimum absolute atomic E-state index is 0.270. The number of nitrogens with one attached hydrogen (secondary N) is 3. The molecule has 0 aliphatic heterocycles. The maximum absolute atomic E-state index is 12.4. The molecule has 0 spiro atoms. The monoisotopic (exact) mass is 367 g/mol. The number of amides is 1. The van der Waals surface area contributed by atoms with Gasteiger partial charge in [0.2, 0.25) is 0 Å². The predicted molar refractivity (Wildman–Crippen MR) is 108 cm³/mol. The van der Waals surface area contributed by atoms with Gasteiger partial charge in [0.25, 0.3) is 0 Å². The van der Waals surface area contributed by atoms with Crippen LogP contribution in [0.5, 0.6) is 0 Å². The Balaban J connectivity index is 1.68. The number of hydrazine groups is 1. The van der Waals surface area contributed by atoms with Crippen molar-refractivity contribution in [3.05, 3.63) is 64.9 Å². The van der Waals surface area contributed by atoms with Crippen molar-refractivity contribution in [2.45, 2.75) is 27.2 Å². The fraction of sp³-hybridized carbons (Fsp3) is 0.200. The van der Waals surface area contributed by atoms with E-state index >= 15 is 0 Å². The maximum Gasteiger partial charge on any atom is 0.305 e. The van der Waals surface area contributed by atoms with Gasteiger partial charge in [-0.05, 0) is 49.7 Å². The van der Waals surface area contributed by atoms with Crippen LogP contribution in [0, 0.1) is 13.8 Å². The van der Waals surface area contributed by atoms with Crippen molar-refractivity contribution in [1.82, 2.24) is 10.9 Å². The first-order valence-corrected chi connectivity index (χ1v) is 8.86. The molecule has 134 valence electrons. The fourth-order valence-corrected chi connectivity index (χ4v) is 3.06. The van der Waals surface area contributed by atoms with Crippen LogP contribution in [0.15, 0.2) is 46.9 Å². The highest BCUT2D eigenvalue weighted by atomic mass is 32.1. The molecule has 0 radical (unpaired) electrons. The van der Waals surface area contributed by atoms with Crippen LogP contribution in [0.1, 0.15) is 34.2 Å². The van der Waals surface area contributed by atoms with E-state index in [1.54, 1.807) is 0 Å². The number of para-hydroxylation sites is 2. The highest BCUT2D eigenvalue weighted by Gasteiger charge is 2.17. The summed E-state index contributed by atoms with van der Waals surface area (Å²) in [6, 6.07) is 13.6. The molecular formula is C20H21N3O2S. The summed E-state index contributed by atoms with van der Waals surface area (Å²) in [5.74, 6) is -0.102. The Morgan fingerprint density at radius 3 is 2.58 bits per heavy atom.